The third-order valence-electron chi connectivity index (χ3n) is 12.7. The van der Waals surface area contributed by atoms with Crippen LogP contribution < -0.4 is 5.32 Å². The number of nitrogens with one attached hydrogen (secondary N) is 1. The van der Waals surface area contributed by atoms with Crippen LogP contribution in [0, 0.1) is 0 Å². The molecular formula is C56H107NO5. The second-order valence-electron chi connectivity index (χ2n) is 18.9. The number of rotatable bonds is 51. The summed E-state index contributed by atoms with van der Waals surface area (Å²) >= 11 is 0. The van der Waals surface area contributed by atoms with Gasteiger partial charge >= 0.3 is 5.97 Å². The maximum Gasteiger partial charge on any atom is 0.305 e. The van der Waals surface area contributed by atoms with Crippen molar-refractivity contribution in [1.82, 2.24) is 5.32 Å². The van der Waals surface area contributed by atoms with Crippen LogP contribution in [0.1, 0.15) is 296 Å². The molecule has 6 nitrogen and oxygen atoms in total. The van der Waals surface area contributed by atoms with Gasteiger partial charge in [-0.1, -0.05) is 256 Å². The molecule has 0 aromatic rings. The van der Waals surface area contributed by atoms with Crippen LogP contribution in [0.15, 0.2) is 24.3 Å². The fourth-order valence-electron chi connectivity index (χ4n) is 8.46. The van der Waals surface area contributed by atoms with E-state index in [4.69, 9.17) is 4.74 Å². The van der Waals surface area contributed by atoms with E-state index in [2.05, 4.69) is 31.3 Å². The third kappa shape index (κ3) is 47.8. The summed E-state index contributed by atoms with van der Waals surface area (Å²) in [4.78, 5) is 24.5. The summed E-state index contributed by atoms with van der Waals surface area (Å²) in [6.45, 7) is 4.83. The highest BCUT2D eigenvalue weighted by atomic mass is 16.5. The summed E-state index contributed by atoms with van der Waals surface area (Å²) in [5.41, 5.74) is 0. The number of hydrogen-bond donors (Lipinski definition) is 3. The van der Waals surface area contributed by atoms with Gasteiger partial charge in [-0.2, -0.15) is 0 Å². The second kappa shape index (κ2) is 52.0. The van der Waals surface area contributed by atoms with E-state index < -0.39 is 12.1 Å². The first-order valence-corrected chi connectivity index (χ1v) is 27.6. The number of esters is 1. The molecule has 0 bridgehead atoms. The zero-order valence-electron chi connectivity index (χ0n) is 41.6. The third-order valence-corrected chi connectivity index (χ3v) is 12.7. The van der Waals surface area contributed by atoms with Crippen molar-refractivity contribution >= 4 is 11.9 Å². The van der Waals surface area contributed by atoms with Gasteiger partial charge in [-0.15, -0.1) is 0 Å². The van der Waals surface area contributed by atoms with Gasteiger partial charge in [0.1, 0.15) is 0 Å². The van der Waals surface area contributed by atoms with Crippen molar-refractivity contribution in [2.24, 2.45) is 0 Å². The molecular weight excluding hydrogens is 767 g/mol. The topological polar surface area (TPSA) is 95.9 Å². The van der Waals surface area contributed by atoms with E-state index in [0.717, 1.165) is 70.6 Å². The van der Waals surface area contributed by atoms with Gasteiger partial charge < -0.3 is 20.3 Å². The molecule has 0 saturated carbocycles. The van der Waals surface area contributed by atoms with Gasteiger partial charge in [-0.3, -0.25) is 9.59 Å². The summed E-state index contributed by atoms with van der Waals surface area (Å²) < 4.78 is 5.46. The lowest BCUT2D eigenvalue weighted by Gasteiger charge is -2.19. The molecule has 0 aliphatic carbocycles. The van der Waals surface area contributed by atoms with Gasteiger partial charge in [0, 0.05) is 12.8 Å². The molecule has 0 spiro atoms. The Hall–Kier alpha value is -1.66. The maximum absolute atomic E-state index is 12.4. The van der Waals surface area contributed by atoms with Gasteiger partial charge in [0.2, 0.25) is 5.91 Å². The van der Waals surface area contributed by atoms with Crippen LogP contribution in [0.25, 0.3) is 0 Å². The summed E-state index contributed by atoms with van der Waals surface area (Å²) in [7, 11) is 0. The van der Waals surface area contributed by atoms with Crippen LogP contribution in [-0.2, 0) is 14.3 Å². The van der Waals surface area contributed by atoms with Crippen molar-refractivity contribution in [2.45, 2.75) is 309 Å². The van der Waals surface area contributed by atoms with E-state index in [1.165, 1.54) is 199 Å². The van der Waals surface area contributed by atoms with E-state index in [1.807, 2.05) is 6.08 Å². The maximum atomic E-state index is 12.4. The average molecular weight is 874 g/mol. The zero-order chi connectivity index (χ0) is 45.1. The Morgan fingerprint density at radius 1 is 0.435 bits per heavy atom. The first kappa shape index (κ1) is 60.3. The van der Waals surface area contributed by atoms with E-state index in [0.29, 0.717) is 19.4 Å². The molecule has 6 heteroatoms. The van der Waals surface area contributed by atoms with Gasteiger partial charge in [-0.05, 0) is 51.4 Å². The van der Waals surface area contributed by atoms with Crippen molar-refractivity contribution < 1.29 is 24.5 Å². The molecule has 0 saturated heterocycles. The largest absolute Gasteiger partial charge is 0.466 e. The average Bonchev–Trinajstić information content (AvgIpc) is 3.27. The summed E-state index contributed by atoms with van der Waals surface area (Å²) in [6, 6.07) is -0.665. The Labute approximate surface area is 386 Å². The number of amides is 1. The smallest absolute Gasteiger partial charge is 0.305 e. The van der Waals surface area contributed by atoms with Gasteiger partial charge in [0.05, 0.1) is 25.4 Å². The molecule has 1 amide bonds. The lowest BCUT2D eigenvalue weighted by Crippen LogP contribution is -2.45. The molecule has 0 radical (unpaired) electrons. The second-order valence-corrected chi connectivity index (χ2v) is 18.9. The highest BCUT2D eigenvalue weighted by Crippen LogP contribution is 2.17. The van der Waals surface area contributed by atoms with Crippen molar-refractivity contribution in [3.63, 3.8) is 0 Å². The lowest BCUT2D eigenvalue weighted by atomic mass is 10.0. The predicted molar refractivity (Wildman–Crippen MR) is 269 cm³/mol. The molecule has 62 heavy (non-hydrogen) atoms. The van der Waals surface area contributed by atoms with Crippen LogP contribution >= 0.6 is 0 Å². The van der Waals surface area contributed by atoms with E-state index in [1.54, 1.807) is 6.08 Å². The van der Waals surface area contributed by atoms with Crippen LogP contribution in [0.3, 0.4) is 0 Å². The summed E-state index contributed by atoms with van der Waals surface area (Å²) in [5.74, 6) is -0.159. The molecule has 0 aromatic heterocycles. The van der Waals surface area contributed by atoms with Crippen LogP contribution in [0.5, 0.6) is 0 Å². The number of carbonyl (C=O) groups excluding carboxylic acids is 2. The van der Waals surface area contributed by atoms with Crippen LogP contribution in [0.4, 0.5) is 0 Å². The molecule has 0 aliphatic rings. The Balaban J connectivity index is 3.53. The molecule has 0 aliphatic heterocycles. The lowest BCUT2D eigenvalue weighted by molar-refractivity contribution is -0.143. The molecule has 2 atom stereocenters. The fraction of sp³-hybridized carbons (Fsp3) is 0.893. The van der Waals surface area contributed by atoms with Gasteiger partial charge in [-0.25, -0.2) is 0 Å². The van der Waals surface area contributed by atoms with Crippen LogP contribution in [0.2, 0.25) is 0 Å². The molecule has 0 fully saturated rings. The molecule has 3 N–H and O–H groups in total. The SMILES string of the molecule is CCCCCCCCCCCCCCCCC/C=C/C(O)C(CO)NC(=O)CCC/C=C\CCCCCCOC(=O)CCCCCCCCCCCCCCCCCCCCC. The Bertz CT molecular complexity index is 966. The quantitative estimate of drug-likeness (QED) is 0.0321. The van der Waals surface area contributed by atoms with Crippen molar-refractivity contribution in [3.8, 4) is 0 Å². The molecule has 0 rings (SSSR count). The van der Waals surface area contributed by atoms with Crippen LogP contribution in [-0.4, -0.2) is 47.4 Å². The minimum Gasteiger partial charge on any atom is -0.466 e. The number of unbranched alkanes of at least 4 members (excludes halogenated alkanes) is 38. The number of ether oxygens (including phenoxy) is 1. The number of carbonyl (C=O) groups is 2. The Morgan fingerprint density at radius 2 is 0.774 bits per heavy atom. The van der Waals surface area contributed by atoms with Crippen molar-refractivity contribution in [3.05, 3.63) is 24.3 Å². The summed E-state index contributed by atoms with van der Waals surface area (Å²) in [6.07, 6.45) is 62.0. The molecule has 0 aromatic carbocycles. The highest BCUT2D eigenvalue weighted by Gasteiger charge is 2.18. The van der Waals surface area contributed by atoms with Gasteiger partial charge in [0.15, 0.2) is 0 Å². The molecule has 366 valence electrons. The first-order chi connectivity index (χ1) is 30.5. The summed E-state index contributed by atoms with van der Waals surface area (Å²) in [5, 5.41) is 23.0. The predicted octanol–water partition coefficient (Wildman–Crippen LogP) is 16.7. The van der Waals surface area contributed by atoms with Crippen molar-refractivity contribution in [2.75, 3.05) is 13.2 Å². The minimum absolute atomic E-state index is 0.0331. The number of allylic oxidation sites excluding steroid dienone is 3. The standard InChI is InChI=1S/C56H107NO5/c1-3-5-7-9-11-13-15-17-19-21-22-24-26-28-30-34-38-42-46-50-56(61)62-51-47-43-39-35-31-33-37-41-45-49-55(60)57-53(52-58)54(59)48-44-40-36-32-29-27-25-23-20-18-16-14-12-10-8-6-4-2/h33,37,44,48,53-54,58-59H,3-32,34-36,38-43,45-47,49-52H2,1-2H3,(H,57,60)/b37-33-,48-44+. The van der Waals surface area contributed by atoms with Crippen molar-refractivity contribution in [1.29, 1.82) is 0 Å². The normalized spacial score (nSPS) is 12.8. The Morgan fingerprint density at radius 3 is 1.18 bits per heavy atom. The monoisotopic (exact) mass is 874 g/mol. The van der Waals surface area contributed by atoms with E-state index in [-0.39, 0.29) is 18.5 Å². The fourth-order valence-corrected chi connectivity index (χ4v) is 8.46. The number of aliphatic hydroxyl groups excluding tert-OH is 2. The van der Waals surface area contributed by atoms with E-state index in [9.17, 15) is 19.8 Å². The number of aliphatic hydroxyl groups is 2. The van der Waals surface area contributed by atoms with Gasteiger partial charge in [0.25, 0.3) is 0 Å². The van der Waals surface area contributed by atoms with E-state index >= 15 is 0 Å². The Kier molecular flexibility index (Phi) is 50.6. The minimum atomic E-state index is -0.875. The highest BCUT2D eigenvalue weighted by molar-refractivity contribution is 5.76. The first-order valence-electron chi connectivity index (χ1n) is 27.6. The molecule has 2 unspecified atom stereocenters. The molecule has 0 heterocycles. The zero-order valence-corrected chi connectivity index (χ0v) is 41.6. The number of hydrogen-bond acceptors (Lipinski definition) is 5.